The van der Waals surface area contributed by atoms with Gasteiger partial charge in [-0.1, -0.05) is 30.3 Å². The molecule has 0 bridgehead atoms. The minimum Gasteiger partial charge on any atom is -0.376 e. The molecule has 1 atom stereocenters. The number of carbonyl (C=O) groups excluding carboxylic acids is 2. The number of piperazine rings is 1. The minimum atomic E-state index is -5.13. The number of nitrogens with zero attached hydrogens (tertiary/aromatic N) is 1. The van der Waals surface area contributed by atoms with Crippen molar-refractivity contribution >= 4 is 11.8 Å². The van der Waals surface area contributed by atoms with Gasteiger partial charge in [0.1, 0.15) is 0 Å². The average Bonchev–Trinajstić information content (AvgIpc) is 2.88. The summed E-state index contributed by atoms with van der Waals surface area (Å²) in [5.74, 6) is -1.19. The van der Waals surface area contributed by atoms with Crippen molar-refractivity contribution in [3.8, 4) is 0 Å². The summed E-state index contributed by atoms with van der Waals surface area (Å²) in [6, 6.07) is 9.56. The quantitative estimate of drug-likeness (QED) is 0.479. The number of amides is 2. The fourth-order valence-corrected chi connectivity index (χ4v) is 5.38. The van der Waals surface area contributed by atoms with E-state index >= 15 is 0 Å². The standard InChI is InChI=1S/C27H29F6N3O3/c1-24(39,18-13-19(26(28,29)30)15-20(14-18)27(31,32)33)23(38)35-25(17-5-3-2-4-6-17)9-7-21(8-10-25)36-12-11-34-22(37)16-36/h2-6,13-15,21,39H,7-12,16H2,1H3,(H,34,37)(H,35,38)/t21?,24-,25?/m0/s1. The van der Waals surface area contributed by atoms with Gasteiger partial charge in [-0.05, 0) is 61.9 Å². The Hall–Kier alpha value is -3.12. The van der Waals surface area contributed by atoms with Crippen LogP contribution in [0.1, 0.15) is 54.9 Å². The third kappa shape index (κ3) is 6.22. The summed E-state index contributed by atoms with van der Waals surface area (Å²) < 4.78 is 80.5. The molecule has 2 aromatic carbocycles. The van der Waals surface area contributed by atoms with Crippen LogP contribution in [-0.4, -0.2) is 47.5 Å². The van der Waals surface area contributed by atoms with Crippen LogP contribution in [0.15, 0.2) is 48.5 Å². The number of carbonyl (C=O) groups is 2. The van der Waals surface area contributed by atoms with Gasteiger partial charge < -0.3 is 15.7 Å². The highest BCUT2D eigenvalue weighted by Gasteiger charge is 2.45. The molecule has 1 aliphatic heterocycles. The van der Waals surface area contributed by atoms with Crippen LogP contribution < -0.4 is 10.6 Å². The van der Waals surface area contributed by atoms with Crippen molar-refractivity contribution in [1.82, 2.24) is 15.5 Å². The van der Waals surface area contributed by atoms with Gasteiger partial charge in [0.25, 0.3) is 5.91 Å². The first-order chi connectivity index (χ1) is 18.1. The van der Waals surface area contributed by atoms with Crippen LogP contribution in [0, 0.1) is 0 Å². The normalized spacial score (nSPS) is 24.5. The summed E-state index contributed by atoms with van der Waals surface area (Å²) in [5, 5.41) is 16.7. The van der Waals surface area contributed by atoms with Gasteiger partial charge in [-0.2, -0.15) is 26.3 Å². The summed E-state index contributed by atoms with van der Waals surface area (Å²) in [6.07, 6.45) is -8.33. The van der Waals surface area contributed by atoms with Crippen LogP contribution in [-0.2, 0) is 33.1 Å². The molecule has 1 heterocycles. The van der Waals surface area contributed by atoms with E-state index in [4.69, 9.17) is 0 Å². The molecule has 39 heavy (non-hydrogen) atoms. The van der Waals surface area contributed by atoms with E-state index in [9.17, 15) is 41.0 Å². The van der Waals surface area contributed by atoms with Gasteiger partial charge in [-0.3, -0.25) is 14.5 Å². The molecule has 2 amide bonds. The molecule has 4 rings (SSSR count). The molecule has 2 fully saturated rings. The molecule has 12 heteroatoms. The lowest BCUT2D eigenvalue weighted by Crippen LogP contribution is -2.57. The zero-order chi connectivity index (χ0) is 28.6. The fourth-order valence-electron chi connectivity index (χ4n) is 5.38. The van der Waals surface area contributed by atoms with Crippen LogP contribution in [0.25, 0.3) is 0 Å². The Bertz CT molecular complexity index is 1170. The number of benzene rings is 2. The lowest BCUT2D eigenvalue weighted by molar-refractivity contribution is -0.146. The predicted octanol–water partition coefficient (Wildman–Crippen LogP) is 4.32. The number of nitrogens with one attached hydrogen (secondary N) is 2. The molecule has 1 saturated carbocycles. The predicted molar refractivity (Wildman–Crippen MR) is 129 cm³/mol. The van der Waals surface area contributed by atoms with Crippen molar-refractivity contribution in [2.75, 3.05) is 19.6 Å². The van der Waals surface area contributed by atoms with E-state index in [-0.39, 0.29) is 24.6 Å². The van der Waals surface area contributed by atoms with E-state index in [1.807, 2.05) is 0 Å². The molecule has 0 unspecified atom stereocenters. The van der Waals surface area contributed by atoms with Gasteiger partial charge in [0.15, 0.2) is 5.60 Å². The smallest absolute Gasteiger partial charge is 0.376 e. The SMILES string of the molecule is C[C@@](O)(C(=O)NC1(c2ccccc2)CCC(N2CCNC(=O)C2)CC1)c1cc(C(F)(F)F)cc(C(F)(F)F)c1. The van der Waals surface area contributed by atoms with Gasteiger partial charge in [0, 0.05) is 19.1 Å². The van der Waals surface area contributed by atoms with Crippen LogP contribution >= 0.6 is 0 Å². The first kappa shape index (κ1) is 28.9. The number of alkyl halides is 6. The maximum absolute atomic E-state index is 13.5. The maximum atomic E-state index is 13.5. The molecular formula is C27H29F6N3O3. The molecule has 1 aliphatic carbocycles. The molecule has 212 valence electrons. The lowest BCUT2D eigenvalue weighted by atomic mass is 9.73. The highest BCUT2D eigenvalue weighted by Crippen LogP contribution is 2.42. The molecule has 1 saturated heterocycles. The van der Waals surface area contributed by atoms with Crippen molar-refractivity contribution in [1.29, 1.82) is 0 Å². The number of rotatable bonds is 5. The number of aliphatic hydroxyl groups is 1. The van der Waals surface area contributed by atoms with Crippen molar-refractivity contribution in [3.63, 3.8) is 0 Å². The van der Waals surface area contributed by atoms with Crippen molar-refractivity contribution in [2.45, 2.75) is 62.1 Å². The number of hydrogen-bond acceptors (Lipinski definition) is 4. The summed E-state index contributed by atoms with van der Waals surface area (Å²) in [6.45, 7) is 2.33. The number of hydrogen-bond donors (Lipinski definition) is 3. The van der Waals surface area contributed by atoms with E-state index in [0.29, 0.717) is 56.5 Å². The van der Waals surface area contributed by atoms with Gasteiger partial charge >= 0.3 is 12.4 Å². The molecule has 6 nitrogen and oxygen atoms in total. The summed E-state index contributed by atoms with van der Waals surface area (Å²) >= 11 is 0. The third-order valence-electron chi connectivity index (χ3n) is 7.66. The van der Waals surface area contributed by atoms with Crippen LogP contribution in [0.5, 0.6) is 0 Å². The first-order valence-electron chi connectivity index (χ1n) is 12.5. The zero-order valence-electron chi connectivity index (χ0n) is 21.1. The summed E-state index contributed by atoms with van der Waals surface area (Å²) in [4.78, 5) is 27.4. The van der Waals surface area contributed by atoms with Crippen molar-refractivity contribution in [2.24, 2.45) is 0 Å². The number of halogens is 6. The Balaban J connectivity index is 1.64. The summed E-state index contributed by atoms with van der Waals surface area (Å²) in [7, 11) is 0. The second-order valence-electron chi connectivity index (χ2n) is 10.3. The largest absolute Gasteiger partial charge is 0.416 e. The minimum absolute atomic E-state index is 0.0505. The van der Waals surface area contributed by atoms with Crippen LogP contribution in [0.3, 0.4) is 0 Å². The van der Waals surface area contributed by atoms with Gasteiger partial charge in [0.2, 0.25) is 5.91 Å². The Morgan fingerprint density at radius 3 is 2.03 bits per heavy atom. The van der Waals surface area contributed by atoms with Gasteiger partial charge in [0.05, 0.1) is 23.2 Å². The Morgan fingerprint density at radius 2 is 1.51 bits per heavy atom. The van der Waals surface area contributed by atoms with E-state index < -0.39 is 46.1 Å². The molecule has 0 radical (unpaired) electrons. The Labute approximate surface area is 221 Å². The van der Waals surface area contributed by atoms with Crippen molar-refractivity contribution < 1.29 is 41.0 Å². The maximum Gasteiger partial charge on any atom is 0.416 e. The zero-order valence-corrected chi connectivity index (χ0v) is 21.1. The topological polar surface area (TPSA) is 81.7 Å². The second kappa shape index (κ2) is 10.5. The molecule has 0 spiro atoms. The second-order valence-corrected chi connectivity index (χ2v) is 10.3. The molecule has 2 aromatic rings. The van der Waals surface area contributed by atoms with Gasteiger partial charge in [-0.15, -0.1) is 0 Å². The fraction of sp³-hybridized carbons (Fsp3) is 0.481. The average molecular weight is 558 g/mol. The molecule has 2 aliphatic rings. The highest BCUT2D eigenvalue weighted by molar-refractivity contribution is 5.87. The lowest BCUT2D eigenvalue weighted by Gasteiger charge is -2.46. The molecule has 0 aromatic heterocycles. The van der Waals surface area contributed by atoms with Gasteiger partial charge in [-0.25, -0.2) is 0 Å². The first-order valence-corrected chi connectivity index (χ1v) is 12.5. The van der Waals surface area contributed by atoms with Crippen LogP contribution in [0.2, 0.25) is 0 Å². The van der Waals surface area contributed by atoms with E-state index in [0.717, 1.165) is 6.92 Å². The van der Waals surface area contributed by atoms with Crippen molar-refractivity contribution in [3.05, 3.63) is 70.8 Å². The highest BCUT2D eigenvalue weighted by atomic mass is 19.4. The molecule has 3 N–H and O–H groups in total. The molecular weight excluding hydrogens is 528 g/mol. The Kier molecular flexibility index (Phi) is 7.74. The third-order valence-corrected chi connectivity index (χ3v) is 7.66. The van der Waals surface area contributed by atoms with E-state index in [2.05, 4.69) is 15.5 Å². The van der Waals surface area contributed by atoms with E-state index in [1.54, 1.807) is 30.3 Å². The Morgan fingerprint density at radius 1 is 0.974 bits per heavy atom. The monoisotopic (exact) mass is 557 g/mol. The van der Waals surface area contributed by atoms with E-state index in [1.165, 1.54) is 0 Å². The van der Waals surface area contributed by atoms with Crippen LogP contribution in [0.4, 0.5) is 26.3 Å². The summed E-state index contributed by atoms with van der Waals surface area (Å²) in [5.41, 5.74) is -7.09.